The van der Waals surface area contributed by atoms with Crippen molar-refractivity contribution in [2.75, 3.05) is 40.3 Å². The first-order valence-electron chi connectivity index (χ1n) is 16.0. The van der Waals surface area contributed by atoms with Crippen molar-refractivity contribution >= 4 is 45.2 Å². The molecule has 0 saturated carbocycles. The van der Waals surface area contributed by atoms with E-state index in [-0.39, 0.29) is 24.5 Å². The van der Waals surface area contributed by atoms with Gasteiger partial charge in [-0.05, 0) is 72.0 Å². The van der Waals surface area contributed by atoms with Gasteiger partial charge in [0.1, 0.15) is 11.5 Å². The number of benzene rings is 2. The van der Waals surface area contributed by atoms with Crippen LogP contribution in [0.25, 0.3) is 33.4 Å². The summed E-state index contributed by atoms with van der Waals surface area (Å²) in [5.74, 6) is 0.928. The van der Waals surface area contributed by atoms with Crippen LogP contribution in [0.15, 0.2) is 63.3 Å². The molecule has 1 atom stereocenters. The molecule has 0 unspecified atom stereocenters. The summed E-state index contributed by atoms with van der Waals surface area (Å²) in [5, 5.41) is 10.8. The molecular formula is C37H36N4O9S. The third kappa shape index (κ3) is 7.08. The second-order valence-corrected chi connectivity index (χ2v) is 12.6. The molecule has 0 spiro atoms. The van der Waals surface area contributed by atoms with Gasteiger partial charge in [-0.3, -0.25) is 19.2 Å². The lowest BCUT2D eigenvalue weighted by molar-refractivity contribution is -0.123. The number of fused-ring (bicyclic) bond motifs is 4. The van der Waals surface area contributed by atoms with Crippen molar-refractivity contribution in [1.82, 2.24) is 15.6 Å². The highest BCUT2D eigenvalue weighted by molar-refractivity contribution is 7.13. The van der Waals surface area contributed by atoms with Crippen LogP contribution in [0.2, 0.25) is 0 Å². The van der Waals surface area contributed by atoms with E-state index in [1.54, 1.807) is 49.0 Å². The zero-order valence-corrected chi connectivity index (χ0v) is 29.4. The Kier molecular flexibility index (Phi) is 10.2. The summed E-state index contributed by atoms with van der Waals surface area (Å²) >= 11 is 1.26. The van der Waals surface area contributed by atoms with E-state index in [2.05, 4.69) is 20.9 Å². The Bertz CT molecular complexity index is 2180. The highest BCUT2D eigenvalue weighted by Gasteiger charge is 2.31. The number of hydrogen-bond donors (Lipinski definition) is 3. The monoisotopic (exact) mass is 712 g/mol. The maximum Gasteiger partial charge on any atom is 0.245 e. The van der Waals surface area contributed by atoms with Crippen LogP contribution in [0, 0.1) is 0 Å². The highest BCUT2D eigenvalue weighted by atomic mass is 32.1. The van der Waals surface area contributed by atoms with E-state index in [4.69, 9.17) is 23.4 Å². The second-order valence-electron chi connectivity index (χ2n) is 11.7. The minimum atomic E-state index is -0.542. The number of furan rings is 1. The third-order valence-corrected chi connectivity index (χ3v) is 9.30. The highest BCUT2D eigenvalue weighted by Crippen LogP contribution is 2.51. The molecule has 6 rings (SSSR count). The van der Waals surface area contributed by atoms with Crippen molar-refractivity contribution in [3.63, 3.8) is 0 Å². The van der Waals surface area contributed by atoms with Crippen LogP contribution in [-0.2, 0) is 27.2 Å². The largest absolute Gasteiger partial charge is 0.497 e. The summed E-state index contributed by atoms with van der Waals surface area (Å²) in [6.45, 7) is 1.12. The molecule has 5 aromatic rings. The van der Waals surface area contributed by atoms with Crippen molar-refractivity contribution < 1.29 is 37.7 Å². The number of thiazole rings is 1. The lowest BCUT2D eigenvalue weighted by Crippen LogP contribution is -2.33. The Morgan fingerprint density at radius 1 is 0.961 bits per heavy atom. The Labute approximate surface area is 296 Å². The van der Waals surface area contributed by atoms with Crippen molar-refractivity contribution in [3.05, 3.63) is 81.0 Å². The fourth-order valence-electron chi connectivity index (χ4n) is 6.38. The smallest absolute Gasteiger partial charge is 0.245 e. The van der Waals surface area contributed by atoms with Crippen LogP contribution in [-0.4, -0.2) is 57.7 Å². The van der Waals surface area contributed by atoms with Crippen LogP contribution in [0.4, 0.5) is 5.13 Å². The van der Waals surface area contributed by atoms with Crippen molar-refractivity contribution in [2.24, 2.45) is 0 Å². The first kappa shape index (κ1) is 35.0. The van der Waals surface area contributed by atoms with Crippen LogP contribution in [0.5, 0.6) is 23.0 Å². The maximum atomic E-state index is 14.2. The first-order valence-corrected chi connectivity index (χ1v) is 16.9. The lowest BCUT2D eigenvalue weighted by atomic mass is 9.94. The van der Waals surface area contributed by atoms with Gasteiger partial charge in [-0.15, -0.1) is 11.3 Å². The Morgan fingerprint density at radius 2 is 1.73 bits per heavy atom. The zero-order valence-electron chi connectivity index (χ0n) is 28.6. The normalized spacial score (nSPS) is 13.3. The summed E-state index contributed by atoms with van der Waals surface area (Å²) in [6, 6.07) is 11.6. The first-order chi connectivity index (χ1) is 24.6. The van der Waals surface area contributed by atoms with Crippen molar-refractivity contribution in [3.8, 4) is 45.4 Å². The van der Waals surface area contributed by atoms with Gasteiger partial charge < -0.3 is 39.3 Å². The molecule has 1 aliphatic rings. The second kappa shape index (κ2) is 14.9. The quantitative estimate of drug-likeness (QED) is 0.169. The van der Waals surface area contributed by atoms with Crippen LogP contribution < -0.4 is 40.3 Å². The zero-order chi connectivity index (χ0) is 36.2. The van der Waals surface area contributed by atoms with E-state index >= 15 is 0 Å². The number of hydrogen-bond acceptors (Lipinski definition) is 11. The number of nitrogens with zero attached hydrogens (tertiary/aromatic N) is 1. The maximum absolute atomic E-state index is 14.2. The molecule has 0 bridgehead atoms. The number of ether oxygens (including phenoxy) is 4. The van der Waals surface area contributed by atoms with E-state index in [1.807, 2.05) is 6.07 Å². The van der Waals surface area contributed by atoms with Gasteiger partial charge >= 0.3 is 0 Å². The van der Waals surface area contributed by atoms with E-state index in [1.165, 1.54) is 45.7 Å². The van der Waals surface area contributed by atoms with Gasteiger partial charge in [0.2, 0.25) is 28.9 Å². The molecule has 264 valence electrons. The molecule has 2 aromatic heterocycles. The number of carbonyl (C=O) groups is 3. The molecule has 3 amide bonds. The summed E-state index contributed by atoms with van der Waals surface area (Å²) < 4.78 is 29.0. The van der Waals surface area contributed by atoms with Crippen molar-refractivity contribution in [2.45, 2.75) is 32.2 Å². The molecule has 1 aliphatic carbocycles. The van der Waals surface area contributed by atoms with Gasteiger partial charge in [-0.2, -0.15) is 0 Å². The fourth-order valence-corrected chi connectivity index (χ4v) is 6.93. The molecule has 51 heavy (non-hydrogen) atoms. The van der Waals surface area contributed by atoms with Gasteiger partial charge in [0.05, 0.1) is 47.4 Å². The molecule has 2 heterocycles. The average molecular weight is 713 g/mol. The van der Waals surface area contributed by atoms with Crippen LogP contribution >= 0.6 is 11.3 Å². The standard InChI is InChI=1S/C37H36N4O9S/c1-19(42)40-27-11-8-21-14-29(47-3)35(48-4)36(49-5)32(21)24-15-25-26(17-30(44)39-18-31(45)41-37-38-12-13-51-37)33(20-6-9-22(46-2)10-7-20)50-34(25)28(43)16-23(24)27/h6-7,9-10,12-16,27H,8,11,17-18H2,1-5H3,(H,39,44)(H,40,42)(H,38,41,45)/t27-/m0/s1. The van der Waals surface area contributed by atoms with Gasteiger partial charge in [0.15, 0.2) is 22.2 Å². The summed E-state index contributed by atoms with van der Waals surface area (Å²) in [5.41, 5.74) is 3.21. The predicted molar refractivity (Wildman–Crippen MR) is 192 cm³/mol. The number of amides is 3. The average Bonchev–Trinajstić information content (AvgIpc) is 3.70. The number of nitrogens with one attached hydrogen (secondary N) is 3. The fraction of sp³-hybridized carbons (Fsp3) is 0.270. The number of aryl methyl sites for hydroxylation is 1. The molecule has 0 radical (unpaired) electrons. The Balaban J connectivity index is 1.57. The molecule has 3 N–H and O–H groups in total. The summed E-state index contributed by atoms with van der Waals surface area (Å²) in [6.07, 6.45) is 2.31. The molecular weight excluding hydrogens is 676 g/mol. The molecule has 14 heteroatoms. The van der Waals surface area contributed by atoms with E-state index in [0.717, 1.165) is 5.56 Å². The number of aromatic nitrogens is 1. The molecule has 13 nitrogen and oxygen atoms in total. The van der Waals surface area contributed by atoms with Gasteiger partial charge in [0.25, 0.3) is 0 Å². The molecule has 3 aromatic carbocycles. The SMILES string of the molecule is COc1ccc(-c2oc3c(=O)cc4c(cc3c2CC(=O)NCC(=O)Nc2nccs2)-c2c(cc(OC)c(OC)c2OC)CC[C@@H]4NC(C)=O)cc1. The minimum absolute atomic E-state index is 0.0146. The molecule has 0 aliphatic heterocycles. The van der Waals surface area contributed by atoms with Gasteiger partial charge in [-0.25, -0.2) is 4.98 Å². The lowest BCUT2D eigenvalue weighted by Gasteiger charge is -2.20. The number of rotatable bonds is 11. The minimum Gasteiger partial charge on any atom is -0.497 e. The topological polar surface area (TPSA) is 167 Å². The Morgan fingerprint density at radius 3 is 2.37 bits per heavy atom. The van der Waals surface area contributed by atoms with E-state index in [0.29, 0.717) is 79.9 Å². The van der Waals surface area contributed by atoms with E-state index in [9.17, 15) is 19.2 Å². The molecule has 0 saturated heterocycles. The van der Waals surface area contributed by atoms with Crippen molar-refractivity contribution in [1.29, 1.82) is 0 Å². The van der Waals surface area contributed by atoms with Gasteiger partial charge in [-0.1, -0.05) is 0 Å². The number of methoxy groups -OCH3 is 4. The van der Waals surface area contributed by atoms with Crippen LogP contribution in [0.1, 0.15) is 36.1 Å². The number of anilines is 1. The molecule has 0 fully saturated rings. The number of carbonyl (C=O) groups excluding carboxylic acids is 3. The van der Waals surface area contributed by atoms with E-state index < -0.39 is 23.3 Å². The predicted octanol–water partition coefficient (Wildman–Crippen LogP) is 5.04. The van der Waals surface area contributed by atoms with Gasteiger partial charge in [0, 0.05) is 40.6 Å². The van der Waals surface area contributed by atoms with Crippen LogP contribution in [0.3, 0.4) is 0 Å². The summed E-state index contributed by atoms with van der Waals surface area (Å²) in [4.78, 5) is 56.7. The summed E-state index contributed by atoms with van der Waals surface area (Å²) in [7, 11) is 6.12. The Hall–Kier alpha value is -5.89. The third-order valence-electron chi connectivity index (χ3n) is 8.61.